The van der Waals surface area contributed by atoms with Crippen molar-refractivity contribution < 1.29 is 31.9 Å². The van der Waals surface area contributed by atoms with Crippen molar-refractivity contribution in [3.8, 4) is 0 Å². The third-order valence-corrected chi connectivity index (χ3v) is 2.03. The molecule has 8 heteroatoms. The van der Waals surface area contributed by atoms with Gasteiger partial charge in [0, 0.05) is 11.6 Å². The van der Waals surface area contributed by atoms with Gasteiger partial charge in [-0.1, -0.05) is 6.07 Å². The molecule has 18 heavy (non-hydrogen) atoms. The van der Waals surface area contributed by atoms with Gasteiger partial charge in [-0.25, -0.2) is 8.78 Å². The normalized spacial score (nSPS) is 13.4. The standard InChI is InChI=1S/C10H8F5NO2/c11-5-1-2-6(7(12)3-5)8(9(17)18)16-4-10(13,14)15/h1-3,8,16H,4H2,(H,17,18). The molecule has 1 aromatic rings. The van der Waals surface area contributed by atoms with E-state index in [0.717, 1.165) is 12.1 Å². The monoisotopic (exact) mass is 269 g/mol. The van der Waals surface area contributed by atoms with Crippen LogP contribution < -0.4 is 5.32 Å². The summed E-state index contributed by atoms with van der Waals surface area (Å²) in [7, 11) is 0. The number of hydrogen-bond donors (Lipinski definition) is 2. The Labute approximate surface area is 98.2 Å². The largest absolute Gasteiger partial charge is 0.480 e. The van der Waals surface area contributed by atoms with E-state index in [9.17, 15) is 26.7 Å². The van der Waals surface area contributed by atoms with Gasteiger partial charge in [0.2, 0.25) is 0 Å². The Morgan fingerprint density at radius 2 is 1.94 bits per heavy atom. The minimum atomic E-state index is -4.63. The van der Waals surface area contributed by atoms with Crippen LogP contribution in [0.25, 0.3) is 0 Å². The molecule has 0 aliphatic heterocycles. The van der Waals surface area contributed by atoms with Crippen molar-refractivity contribution >= 4 is 5.97 Å². The number of benzene rings is 1. The highest BCUT2D eigenvalue weighted by Gasteiger charge is 2.31. The zero-order valence-electron chi connectivity index (χ0n) is 8.76. The number of carbonyl (C=O) groups is 1. The highest BCUT2D eigenvalue weighted by molar-refractivity contribution is 5.75. The lowest BCUT2D eigenvalue weighted by Crippen LogP contribution is -2.36. The number of aliphatic carboxylic acids is 1. The van der Waals surface area contributed by atoms with E-state index >= 15 is 0 Å². The zero-order valence-corrected chi connectivity index (χ0v) is 8.76. The van der Waals surface area contributed by atoms with Gasteiger partial charge in [0.05, 0.1) is 6.54 Å². The lowest BCUT2D eigenvalue weighted by atomic mass is 10.1. The molecule has 0 heterocycles. The van der Waals surface area contributed by atoms with E-state index in [1.54, 1.807) is 5.32 Å². The minimum absolute atomic E-state index is 0.403. The van der Waals surface area contributed by atoms with Crippen LogP contribution in [0.15, 0.2) is 18.2 Å². The maximum absolute atomic E-state index is 13.3. The fraction of sp³-hybridized carbons (Fsp3) is 0.300. The molecule has 0 spiro atoms. The average molecular weight is 269 g/mol. The summed E-state index contributed by atoms with van der Waals surface area (Å²) in [5.41, 5.74) is -0.562. The van der Waals surface area contributed by atoms with Crippen LogP contribution in [0, 0.1) is 11.6 Å². The summed E-state index contributed by atoms with van der Waals surface area (Å²) >= 11 is 0. The van der Waals surface area contributed by atoms with Gasteiger partial charge in [0.1, 0.15) is 17.7 Å². The summed E-state index contributed by atoms with van der Waals surface area (Å²) in [6, 6.07) is 0.0593. The SMILES string of the molecule is O=C(O)C(NCC(F)(F)F)c1ccc(F)cc1F. The summed E-state index contributed by atoms with van der Waals surface area (Å²) in [5, 5.41) is 10.4. The van der Waals surface area contributed by atoms with Gasteiger partial charge in [0.25, 0.3) is 0 Å². The van der Waals surface area contributed by atoms with Gasteiger partial charge in [-0.3, -0.25) is 10.1 Å². The van der Waals surface area contributed by atoms with E-state index in [1.807, 2.05) is 0 Å². The lowest BCUT2D eigenvalue weighted by Gasteiger charge is -2.16. The molecule has 0 radical (unpaired) electrons. The van der Waals surface area contributed by atoms with Gasteiger partial charge in [-0.05, 0) is 6.07 Å². The second-order valence-corrected chi connectivity index (χ2v) is 3.43. The molecule has 3 nitrogen and oxygen atoms in total. The van der Waals surface area contributed by atoms with E-state index in [0.29, 0.717) is 6.07 Å². The second kappa shape index (κ2) is 5.30. The molecule has 1 rings (SSSR count). The molecule has 1 unspecified atom stereocenters. The third-order valence-electron chi connectivity index (χ3n) is 2.03. The second-order valence-electron chi connectivity index (χ2n) is 3.43. The van der Waals surface area contributed by atoms with Gasteiger partial charge >= 0.3 is 12.1 Å². The van der Waals surface area contributed by atoms with Crippen LogP contribution in [-0.2, 0) is 4.79 Å². The topological polar surface area (TPSA) is 49.3 Å². The van der Waals surface area contributed by atoms with E-state index < -0.39 is 41.9 Å². The Morgan fingerprint density at radius 3 is 2.39 bits per heavy atom. The van der Waals surface area contributed by atoms with Crippen LogP contribution in [0.5, 0.6) is 0 Å². The molecule has 1 atom stereocenters. The van der Waals surface area contributed by atoms with Crippen LogP contribution in [0.2, 0.25) is 0 Å². The zero-order chi connectivity index (χ0) is 13.9. The van der Waals surface area contributed by atoms with Crippen LogP contribution in [0.3, 0.4) is 0 Å². The summed E-state index contributed by atoms with van der Waals surface area (Å²) < 4.78 is 61.7. The molecular weight excluding hydrogens is 261 g/mol. The van der Waals surface area contributed by atoms with E-state index in [1.165, 1.54) is 0 Å². The first-order valence-electron chi connectivity index (χ1n) is 4.68. The molecular formula is C10H8F5NO2. The average Bonchev–Trinajstić information content (AvgIpc) is 2.18. The Balaban J connectivity index is 2.95. The number of rotatable bonds is 4. The molecule has 100 valence electrons. The molecule has 0 amide bonds. The number of hydrogen-bond acceptors (Lipinski definition) is 2. The molecule has 0 aromatic heterocycles. The first-order valence-corrected chi connectivity index (χ1v) is 4.68. The highest BCUT2D eigenvalue weighted by Crippen LogP contribution is 2.20. The van der Waals surface area contributed by atoms with Crippen molar-refractivity contribution in [2.75, 3.05) is 6.54 Å². The van der Waals surface area contributed by atoms with Crippen LogP contribution >= 0.6 is 0 Å². The fourth-order valence-corrected chi connectivity index (χ4v) is 1.28. The fourth-order valence-electron chi connectivity index (χ4n) is 1.28. The van der Waals surface area contributed by atoms with Crippen LogP contribution in [0.4, 0.5) is 22.0 Å². The summed E-state index contributed by atoms with van der Waals surface area (Å²) in [4.78, 5) is 10.8. The molecule has 0 saturated carbocycles. The highest BCUT2D eigenvalue weighted by atomic mass is 19.4. The molecule has 0 aliphatic rings. The number of alkyl halides is 3. The van der Waals surface area contributed by atoms with Crippen molar-refractivity contribution in [2.24, 2.45) is 0 Å². The van der Waals surface area contributed by atoms with Crippen molar-refractivity contribution in [2.45, 2.75) is 12.2 Å². The molecule has 2 N–H and O–H groups in total. The molecule has 0 aliphatic carbocycles. The van der Waals surface area contributed by atoms with Gasteiger partial charge in [-0.2, -0.15) is 13.2 Å². The number of carboxylic acid groups (broad SMARTS) is 1. The molecule has 0 saturated heterocycles. The van der Waals surface area contributed by atoms with Gasteiger partial charge in [0.15, 0.2) is 0 Å². The molecule has 0 fully saturated rings. The van der Waals surface area contributed by atoms with Crippen LogP contribution in [0.1, 0.15) is 11.6 Å². The number of carboxylic acids is 1. The Hall–Kier alpha value is -1.70. The van der Waals surface area contributed by atoms with Crippen LogP contribution in [-0.4, -0.2) is 23.8 Å². The molecule has 1 aromatic carbocycles. The number of halogens is 5. The van der Waals surface area contributed by atoms with E-state index in [-0.39, 0.29) is 0 Å². The predicted octanol–water partition coefficient (Wildman–Crippen LogP) is 2.24. The first-order chi connectivity index (χ1) is 8.20. The van der Waals surface area contributed by atoms with Crippen molar-refractivity contribution in [1.82, 2.24) is 5.32 Å². The summed E-state index contributed by atoms with van der Waals surface area (Å²) in [5.74, 6) is -3.86. The Bertz CT molecular complexity index is 446. The first kappa shape index (κ1) is 14.4. The Morgan fingerprint density at radius 1 is 1.33 bits per heavy atom. The van der Waals surface area contributed by atoms with E-state index in [4.69, 9.17) is 5.11 Å². The van der Waals surface area contributed by atoms with Crippen molar-refractivity contribution in [3.05, 3.63) is 35.4 Å². The summed E-state index contributed by atoms with van der Waals surface area (Å²) in [6.45, 7) is -1.60. The van der Waals surface area contributed by atoms with Gasteiger partial charge in [-0.15, -0.1) is 0 Å². The maximum Gasteiger partial charge on any atom is 0.401 e. The molecule has 0 bridgehead atoms. The van der Waals surface area contributed by atoms with E-state index in [2.05, 4.69) is 0 Å². The number of nitrogens with one attached hydrogen (secondary N) is 1. The predicted molar refractivity (Wildman–Crippen MR) is 50.8 cm³/mol. The Kier molecular flexibility index (Phi) is 4.23. The smallest absolute Gasteiger partial charge is 0.401 e. The summed E-state index contributed by atoms with van der Waals surface area (Å²) in [6.07, 6.45) is -4.63. The lowest BCUT2D eigenvalue weighted by molar-refractivity contribution is -0.143. The quantitative estimate of drug-likeness (QED) is 0.824. The van der Waals surface area contributed by atoms with Crippen molar-refractivity contribution in [1.29, 1.82) is 0 Å². The van der Waals surface area contributed by atoms with Crippen molar-refractivity contribution in [3.63, 3.8) is 0 Å². The maximum atomic E-state index is 13.3. The third kappa shape index (κ3) is 3.95. The minimum Gasteiger partial charge on any atom is -0.480 e. The van der Waals surface area contributed by atoms with Gasteiger partial charge < -0.3 is 5.11 Å².